The van der Waals surface area contributed by atoms with E-state index in [0.717, 1.165) is 11.1 Å². The summed E-state index contributed by atoms with van der Waals surface area (Å²) in [6.07, 6.45) is 0.692. The predicted octanol–water partition coefficient (Wildman–Crippen LogP) is 3.80. The Morgan fingerprint density at radius 3 is 2.46 bits per heavy atom. The van der Waals surface area contributed by atoms with E-state index in [0.29, 0.717) is 35.5 Å². The largest absolute Gasteiger partial charge is 0.493 e. The number of halogens is 2. The van der Waals surface area contributed by atoms with Crippen molar-refractivity contribution in [3.63, 3.8) is 0 Å². The molecule has 0 unspecified atom stereocenters. The highest BCUT2D eigenvalue weighted by molar-refractivity contribution is 9.10. The standard InChI is InChI=1S/C18H17BrFNO3/c1-23-16-7-11-5-6-21(10-12(11)8-17(16)24-2)18(22)14-9-13(19)3-4-15(14)20/h3-4,7-9H,5-6,10H2,1-2H3. The van der Waals surface area contributed by atoms with E-state index in [2.05, 4.69) is 15.9 Å². The maximum Gasteiger partial charge on any atom is 0.257 e. The van der Waals surface area contributed by atoms with E-state index in [4.69, 9.17) is 9.47 Å². The lowest BCUT2D eigenvalue weighted by Crippen LogP contribution is -2.36. The number of methoxy groups -OCH3 is 2. The zero-order chi connectivity index (χ0) is 17.3. The third-order valence-electron chi connectivity index (χ3n) is 4.16. The van der Waals surface area contributed by atoms with Crippen molar-refractivity contribution in [3.8, 4) is 11.5 Å². The van der Waals surface area contributed by atoms with Crippen molar-refractivity contribution >= 4 is 21.8 Å². The number of nitrogens with zero attached hydrogens (tertiary/aromatic N) is 1. The Bertz CT molecular complexity index is 794. The van der Waals surface area contributed by atoms with Crippen molar-refractivity contribution in [1.29, 1.82) is 0 Å². The quantitative estimate of drug-likeness (QED) is 0.795. The number of carbonyl (C=O) groups is 1. The second-order valence-electron chi connectivity index (χ2n) is 5.58. The zero-order valence-electron chi connectivity index (χ0n) is 13.4. The van der Waals surface area contributed by atoms with Crippen LogP contribution in [0.2, 0.25) is 0 Å². The molecule has 1 heterocycles. The molecule has 0 radical (unpaired) electrons. The van der Waals surface area contributed by atoms with Gasteiger partial charge in [0.25, 0.3) is 5.91 Å². The number of fused-ring (bicyclic) bond motifs is 1. The fourth-order valence-electron chi connectivity index (χ4n) is 2.89. The van der Waals surface area contributed by atoms with Crippen LogP contribution in [0.1, 0.15) is 21.5 Å². The molecule has 0 atom stereocenters. The summed E-state index contributed by atoms with van der Waals surface area (Å²) < 4.78 is 25.3. The van der Waals surface area contributed by atoms with Gasteiger partial charge in [0, 0.05) is 17.6 Å². The molecule has 0 saturated carbocycles. The van der Waals surface area contributed by atoms with E-state index in [-0.39, 0.29) is 11.5 Å². The Morgan fingerprint density at radius 1 is 1.12 bits per heavy atom. The molecule has 3 rings (SSSR count). The maximum atomic E-state index is 14.0. The van der Waals surface area contributed by atoms with Crippen LogP contribution < -0.4 is 9.47 Å². The monoisotopic (exact) mass is 393 g/mol. The first-order chi connectivity index (χ1) is 11.5. The molecule has 1 amide bonds. The lowest BCUT2D eigenvalue weighted by Gasteiger charge is -2.30. The molecule has 0 fully saturated rings. The first-order valence-corrected chi connectivity index (χ1v) is 8.31. The van der Waals surface area contributed by atoms with Gasteiger partial charge in [-0.1, -0.05) is 15.9 Å². The molecule has 0 bridgehead atoms. The predicted molar refractivity (Wildman–Crippen MR) is 92.1 cm³/mol. The van der Waals surface area contributed by atoms with E-state index in [1.165, 1.54) is 12.1 Å². The lowest BCUT2D eigenvalue weighted by atomic mass is 9.98. The van der Waals surface area contributed by atoms with E-state index >= 15 is 0 Å². The molecular formula is C18H17BrFNO3. The Labute approximate surface area is 148 Å². The van der Waals surface area contributed by atoms with Crippen molar-refractivity contribution in [3.05, 3.63) is 57.3 Å². The summed E-state index contributed by atoms with van der Waals surface area (Å²) >= 11 is 3.28. The minimum absolute atomic E-state index is 0.0771. The fourth-order valence-corrected chi connectivity index (χ4v) is 3.25. The van der Waals surface area contributed by atoms with Crippen molar-refractivity contribution < 1.29 is 18.7 Å². The molecule has 0 aliphatic carbocycles. The van der Waals surface area contributed by atoms with Crippen molar-refractivity contribution in [2.75, 3.05) is 20.8 Å². The number of benzene rings is 2. The molecule has 24 heavy (non-hydrogen) atoms. The Hall–Kier alpha value is -2.08. The molecule has 0 spiro atoms. The minimum atomic E-state index is -0.513. The van der Waals surface area contributed by atoms with Crippen LogP contribution >= 0.6 is 15.9 Å². The van der Waals surface area contributed by atoms with Crippen LogP contribution in [-0.4, -0.2) is 31.6 Å². The number of hydrogen-bond acceptors (Lipinski definition) is 3. The van der Waals surface area contributed by atoms with E-state index in [1.54, 1.807) is 25.2 Å². The third kappa shape index (κ3) is 3.11. The summed E-state index contributed by atoms with van der Waals surface area (Å²) in [7, 11) is 3.17. The van der Waals surface area contributed by atoms with Gasteiger partial charge in [-0.3, -0.25) is 4.79 Å². The minimum Gasteiger partial charge on any atom is -0.493 e. The van der Waals surface area contributed by atoms with Crippen LogP contribution in [0.15, 0.2) is 34.8 Å². The molecule has 0 saturated heterocycles. The van der Waals surface area contributed by atoms with E-state index < -0.39 is 5.82 Å². The van der Waals surface area contributed by atoms with Crippen molar-refractivity contribution in [1.82, 2.24) is 4.90 Å². The fraction of sp³-hybridized carbons (Fsp3) is 0.278. The summed E-state index contributed by atoms with van der Waals surface area (Å²) in [6, 6.07) is 8.21. The normalized spacial score (nSPS) is 13.4. The highest BCUT2D eigenvalue weighted by atomic mass is 79.9. The average molecular weight is 394 g/mol. The molecule has 2 aromatic rings. The van der Waals surface area contributed by atoms with Crippen LogP contribution in [0.5, 0.6) is 11.5 Å². The van der Waals surface area contributed by atoms with Gasteiger partial charge in [0.15, 0.2) is 11.5 Å². The van der Waals surface area contributed by atoms with Crippen LogP contribution in [0.4, 0.5) is 4.39 Å². The maximum absolute atomic E-state index is 14.0. The Kier molecular flexibility index (Phi) is 4.76. The van der Waals surface area contributed by atoms with Gasteiger partial charge in [0.05, 0.1) is 19.8 Å². The topological polar surface area (TPSA) is 38.8 Å². The second kappa shape index (κ2) is 6.81. The third-order valence-corrected chi connectivity index (χ3v) is 4.66. The first-order valence-electron chi connectivity index (χ1n) is 7.51. The number of hydrogen-bond donors (Lipinski definition) is 0. The highest BCUT2D eigenvalue weighted by Gasteiger charge is 2.25. The summed E-state index contributed by atoms with van der Waals surface area (Å²) in [5.74, 6) is 0.476. The van der Waals surface area contributed by atoms with Gasteiger partial charge in [-0.2, -0.15) is 0 Å². The van der Waals surface area contributed by atoms with Gasteiger partial charge in [-0.05, 0) is 47.9 Å². The van der Waals surface area contributed by atoms with Gasteiger partial charge in [0.2, 0.25) is 0 Å². The highest BCUT2D eigenvalue weighted by Crippen LogP contribution is 2.33. The molecular weight excluding hydrogens is 377 g/mol. The van der Waals surface area contributed by atoms with Crippen LogP contribution in [0.25, 0.3) is 0 Å². The molecule has 126 valence electrons. The summed E-state index contributed by atoms with van der Waals surface area (Å²) in [5, 5.41) is 0. The van der Waals surface area contributed by atoms with Crippen LogP contribution in [-0.2, 0) is 13.0 Å². The van der Waals surface area contributed by atoms with E-state index in [1.807, 2.05) is 12.1 Å². The SMILES string of the molecule is COc1cc2c(cc1OC)CN(C(=O)c1cc(Br)ccc1F)CC2. The molecule has 0 N–H and O–H groups in total. The van der Waals surface area contributed by atoms with Crippen LogP contribution in [0, 0.1) is 5.82 Å². The van der Waals surface area contributed by atoms with Crippen LogP contribution in [0.3, 0.4) is 0 Å². The number of carbonyl (C=O) groups excluding carboxylic acids is 1. The molecule has 1 aliphatic heterocycles. The second-order valence-corrected chi connectivity index (χ2v) is 6.49. The summed E-state index contributed by atoms with van der Waals surface area (Å²) in [4.78, 5) is 14.3. The average Bonchev–Trinajstić information content (AvgIpc) is 2.61. The van der Waals surface area contributed by atoms with Gasteiger partial charge < -0.3 is 14.4 Å². The summed E-state index contributed by atoms with van der Waals surface area (Å²) in [5.41, 5.74) is 2.18. The molecule has 0 aromatic heterocycles. The van der Waals surface area contributed by atoms with E-state index in [9.17, 15) is 9.18 Å². The number of ether oxygens (including phenoxy) is 2. The van der Waals surface area contributed by atoms with Gasteiger partial charge >= 0.3 is 0 Å². The van der Waals surface area contributed by atoms with Gasteiger partial charge in [-0.25, -0.2) is 4.39 Å². The first kappa shape index (κ1) is 16.8. The van der Waals surface area contributed by atoms with Crippen molar-refractivity contribution in [2.45, 2.75) is 13.0 Å². The zero-order valence-corrected chi connectivity index (χ0v) is 15.0. The van der Waals surface area contributed by atoms with Crippen molar-refractivity contribution in [2.24, 2.45) is 0 Å². The molecule has 1 aliphatic rings. The smallest absolute Gasteiger partial charge is 0.257 e. The van der Waals surface area contributed by atoms with Gasteiger partial charge in [-0.15, -0.1) is 0 Å². The molecule has 4 nitrogen and oxygen atoms in total. The number of amides is 1. The Balaban J connectivity index is 1.89. The summed E-state index contributed by atoms with van der Waals surface area (Å²) in [6.45, 7) is 0.952. The molecule has 2 aromatic carbocycles. The molecule has 6 heteroatoms. The Morgan fingerprint density at radius 2 is 1.79 bits per heavy atom. The van der Waals surface area contributed by atoms with Gasteiger partial charge in [0.1, 0.15) is 5.82 Å². The lowest BCUT2D eigenvalue weighted by molar-refractivity contribution is 0.0729. The number of rotatable bonds is 3.